The Morgan fingerprint density at radius 3 is 2.89 bits per heavy atom. The first-order valence-electron chi connectivity index (χ1n) is 8.43. The van der Waals surface area contributed by atoms with Crippen LogP contribution in [-0.2, 0) is 17.9 Å². The number of nitrogens with one attached hydrogen (secondary N) is 1. The maximum Gasteiger partial charge on any atom is 0.244 e. The van der Waals surface area contributed by atoms with Crippen molar-refractivity contribution < 1.29 is 9.53 Å². The van der Waals surface area contributed by atoms with E-state index >= 15 is 0 Å². The van der Waals surface area contributed by atoms with E-state index in [-0.39, 0.29) is 5.91 Å². The standard InChI is InChI=1S/C21H19ClN2O2S/c1-15-24-19(14-27-15)13-26-20-7-3-4-16(11-20)8-9-21(25)23-12-17-5-2-6-18(22)10-17/h2-11,14H,12-13H2,1H3,(H,23,25). The number of aryl methyl sites for hydroxylation is 1. The smallest absolute Gasteiger partial charge is 0.244 e. The highest BCUT2D eigenvalue weighted by Gasteiger charge is 2.01. The van der Waals surface area contributed by atoms with E-state index in [1.54, 1.807) is 23.5 Å². The van der Waals surface area contributed by atoms with E-state index in [9.17, 15) is 4.79 Å². The highest BCUT2D eigenvalue weighted by molar-refractivity contribution is 7.09. The van der Waals surface area contributed by atoms with E-state index in [0.29, 0.717) is 18.2 Å². The van der Waals surface area contributed by atoms with Gasteiger partial charge in [-0.2, -0.15) is 0 Å². The Morgan fingerprint density at radius 2 is 2.11 bits per heavy atom. The second kappa shape index (κ2) is 9.35. The fourth-order valence-corrected chi connectivity index (χ4v) is 3.22. The lowest BCUT2D eigenvalue weighted by atomic mass is 10.2. The van der Waals surface area contributed by atoms with Crippen LogP contribution in [0.1, 0.15) is 21.8 Å². The third kappa shape index (κ3) is 6.24. The molecular formula is C21H19ClN2O2S. The summed E-state index contributed by atoms with van der Waals surface area (Å²) in [4.78, 5) is 16.4. The molecule has 3 aromatic rings. The SMILES string of the molecule is Cc1nc(COc2cccc(C=CC(=O)NCc3cccc(Cl)c3)c2)cs1. The van der Waals surface area contributed by atoms with Crippen molar-refractivity contribution in [1.29, 1.82) is 0 Å². The molecule has 0 radical (unpaired) electrons. The van der Waals surface area contributed by atoms with Crippen LogP contribution in [-0.4, -0.2) is 10.9 Å². The van der Waals surface area contributed by atoms with Gasteiger partial charge in [-0.25, -0.2) is 4.98 Å². The zero-order chi connectivity index (χ0) is 19.1. The summed E-state index contributed by atoms with van der Waals surface area (Å²) in [6, 6.07) is 15.0. The van der Waals surface area contributed by atoms with Crippen LogP contribution in [0, 0.1) is 6.92 Å². The van der Waals surface area contributed by atoms with Crippen molar-refractivity contribution in [2.45, 2.75) is 20.1 Å². The number of benzene rings is 2. The number of aromatic nitrogens is 1. The summed E-state index contributed by atoms with van der Waals surface area (Å²) in [6.45, 7) is 2.83. The average Bonchev–Trinajstić information content (AvgIpc) is 3.09. The molecule has 0 atom stereocenters. The highest BCUT2D eigenvalue weighted by atomic mass is 35.5. The van der Waals surface area contributed by atoms with E-state index in [2.05, 4.69) is 10.3 Å². The summed E-state index contributed by atoms with van der Waals surface area (Å²) in [6.07, 6.45) is 3.26. The van der Waals surface area contributed by atoms with Gasteiger partial charge in [0.1, 0.15) is 12.4 Å². The summed E-state index contributed by atoms with van der Waals surface area (Å²) in [5.74, 6) is 0.571. The van der Waals surface area contributed by atoms with Gasteiger partial charge in [0.25, 0.3) is 0 Å². The van der Waals surface area contributed by atoms with Crippen molar-refractivity contribution in [1.82, 2.24) is 10.3 Å². The Kier molecular flexibility index (Phi) is 6.63. The highest BCUT2D eigenvalue weighted by Crippen LogP contribution is 2.17. The van der Waals surface area contributed by atoms with Gasteiger partial charge in [-0.05, 0) is 48.4 Å². The van der Waals surface area contributed by atoms with Crippen LogP contribution in [0.15, 0.2) is 60.0 Å². The molecule has 1 amide bonds. The molecule has 0 unspecified atom stereocenters. The Bertz CT molecular complexity index is 953. The first-order valence-corrected chi connectivity index (χ1v) is 9.68. The number of hydrogen-bond donors (Lipinski definition) is 1. The average molecular weight is 399 g/mol. The normalized spacial score (nSPS) is 10.9. The van der Waals surface area contributed by atoms with Crippen LogP contribution < -0.4 is 10.1 Å². The Balaban J connectivity index is 1.52. The molecule has 1 heterocycles. The fraction of sp³-hybridized carbons (Fsp3) is 0.143. The second-order valence-corrected chi connectivity index (χ2v) is 7.40. The number of thiazole rings is 1. The number of hydrogen-bond acceptors (Lipinski definition) is 4. The van der Waals surface area contributed by atoms with Gasteiger partial charge in [0, 0.05) is 23.0 Å². The molecule has 0 bridgehead atoms. The van der Waals surface area contributed by atoms with Gasteiger partial charge in [-0.1, -0.05) is 35.9 Å². The number of amides is 1. The van der Waals surface area contributed by atoms with Gasteiger partial charge in [-0.15, -0.1) is 11.3 Å². The molecular weight excluding hydrogens is 380 g/mol. The minimum atomic E-state index is -0.167. The van der Waals surface area contributed by atoms with Crippen molar-refractivity contribution in [3.05, 3.63) is 86.8 Å². The van der Waals surface area contributed by atoms with Crippen LogP contribution >= 0.6 is 22.9 Å². The Morgan fingerprint density at radius 1 is 1.26 bits per heavy atom. The lowest BCUT2D eigenvalue weighted by Crippen LogP contribution is -2.20. The topological polar surface area (TPSA) is 51.2 Å². The molecule has 0 saturated heterocycles. The maximum absolute atomic E-state index is 12.0. The van der Waals surface area contributed by atoms with Crippen LogP contribution in [0.4, 0.5) is 0 Å². The predicted molar refractivity (Wildman–Crippen MR) is 110 cm³/mol. The van der Waals surface area contributed by atoms with E-state index in [4.69, 9.17) is 16.3 Å². The first kappa shape index (κ1) is 19.1. The third-order valence-electron chi connectivity index (χ3n) is 3.69. The van der Waals surface area contributed by atoms with Gasteiger partial charge in [0.2, 0.25) is 5.91 Å². The number of rotatable bonds is 7. The first-order chi connectivity index (χ1) is 13.1. The van der Waals surface area contributed by atoms with Crippen molar-refractivity contribution in [3.63, 3.8) is 0 Å². The van der Waals surface area contributed by atoms with E-state index in [1.807, 2.05) is 54.8 Å². The van der Waals surface area contributed by atoms with E-state index in [0.717, 1.165) is 27.6 Å². The molecule has 1 N–H and O–H groups in total. The molecule has 0 fully saturated rings. The van der Waals surface area contributed by atoms with Gasteiger partial charge < -0.3 is 10.1 Å². The fourth-order valence-electron chi connectivity index (χ4n) is 2.41. The van der Waals surface area contributed by atoms with Crippen molar-refractivity contribution in [2.24, 2.45) is 0 Å². The quantitative estimate of drug-likeness (QED) is 0.569. The molecule has 4 nitrogen and oxygen atoms in total. The molecule has 0 aliphatic heterocycles. The van der Waals surface area contributed by atoms with Crippen molar-refractivity contribution >= 4 is 34.9 Å². The Labute approximate surface area is 167 Å². The van der Waals surface area contributed by atoms with Gasteiger partial charge in [-0.3, -0.25) is 4.79 Å². The largest absolute Gasteiger partial charge is 0.487 e. The number of nitrogens with zero attached hydrogens (tertiary/aromatic N) is 1. The van der Waals surface area contributed by atoms with Crippen LogP contribution in [0.2, 0.25) is 5.02 Å². The molecule has 0 saturated carbocycles. The third-order valence-corrected chi connectivity index (χ3v) is 4.75. The van der Waals surface area contributed by atoms with Gasteiger partial charge >= 0.3 is 0 Å². The minimum absolute atomic E-state index is 0.167. The molecule has 27 heavy (non-hydrogen) atoms. The molecule has 1 aromatic heterocycles. The van der Waals surface area contributed by atoms with Crippen LogP contribution in [0.5, 0.6) is 5.75 Å². The van der Waals surface area contributed by atoms with Crippen LogP contribution in [0.3, 0.4) is 0 Å². The summed E-state index contributed by atoms with van der Waals surface area (Å²) in [5.41, 5.74) is 2.76. The predicted octanol–water partition coefficient (Wildman–Crippen LogP) is 5.01. The molecule has 6 heteroatoms. The summed E-state index contributed by atoms with van der Waals surface area (Å²) < 4.78 is 5.77. The number of halogens is 1. The van der Waals surface area contributed by atoms with E-state index < -0.39 is 0 Å². The minimum Gasteiger partial charge on any atom is -0.487 e. The molecule has 0 spiro atoms. The Hall–Kier alpha value is -2.63. The monoisotopic (exact) mass is 398 g/mol. The lowest BCUT2D eigenvalue weighted by Gasteiger charge is -2.05. The molecule has 3 rings (SSSR count). The molecule has 138 valence electrons. The number of ether oxygens (including phenoxy) is 1. The molecule has 0 aliphatic carbocycles. The number of carbonyl (C=O) groups excluding carboxylic acids is 1. The summed E-state index contributed by atoms with van der Waals surface area (Å²) in [7, 11) is 0. The van der Waals surface area contributed by atoms with E-state index in [1.165, 1.54) is 6.08 Å². The van der Waals surface area contributed by atoms with Gasteiger partial charge in [0.05, 0.1) is 10.7 Å². The molecule has 0 aliphatic rings. The van der Waals surface area contributed by atoms with Gasteiger partial charge in [0.15, 0.2) is 0 Å². The van der Waals surface area contributed by atoms with Crippen molar-refractivity contribution in [3.8, 4) is 5.75 Å². The second-order valence-electron chi connectivity index (χ2n) is 5.90. The van der Waals surface area contributed by atoms with Crippen molar-refractivity contribution in [2.75, 3.05) is 0 Å². The lowest BCUT2D eigenvalue weighted by molar-refractivity contribution is -0.116. The zero-order valence-electron chi connectivity index (χ0n) is 14.8. The number of carbonyl (C=O) groups is 1. The summed E-state index contributed by atoms with van der Waals surface area (Å²) in [5, 5.41) is 6.50. The maximum atomic E-state index is 12.0. The zero-order valence-corrected chi connectivity index (χ0v) is 16.4. The molecule has 2 aromatic carbocycles. The summed E-state index contributed by atoms with van der Waals surface area (Å²) >= 11 is 7.54. The van der Waals surface area contributed by atoms with Crippen LogP contribution in [0.25, 0.3) is 6.08 Å².